The fraction of sp³-hybridized carbons (Fsp3) is 0.667. The van der Waals surface area contributed by atoms with Crippen molar-refractivity contribution in [1.82, 2.24) is 10.6 Å². The van der Waals surface area contributed by atoms with Crippen LogP contribution in [0.1, 0.15) is 32.3 Å². The predicted octanol–water partition coefficient (Wildman–Crippen LogP) is 0.968. The van der Waals surface area contributed by atoms with Gasteiger partial charge in [0.2, 0.25) is 5.91 Å². The lowest BCUT2D eigenvalue weighted by Gasteiger charge is -2.28. The molecule has 3 unspecified atom stereocenters. The maximum atomic E-state index is 13.2. The lowest BCUT2D eigenvalue weighted by atomic mass is 9.99. The number of hydrogen-bond donors (Lipinski definition) is 4. The Kier molecular flexibility index (Phi) is 14.5. The molecule has 0 aromatic heterocycles. The van der Waals surface area contributed by atoms with Crippen LogP contribution in [0.25, 0.3) is 0 Å². The fourth-order valence-corrected chi connectivity index (χ4v) is 4.13. The number of nitrogens with one attached hydrogen (secondary N) is 2. The number of thiol groups is 1. The molecule has 35 heavy (non-hydrogen) atoms. The normalized spacial score (nSPS) is 16.1. The number of methoxy groups -OCH3 is 1. The lowest BCUT2D eigenvalue weighted by molar-refractivity contribution is -0.147. The van der Waals surface area contributed by atoms with Gasteiger partial charge in [-0.2, -0.15) is 12.6 Å². The van der Waals surface area contributed by atoms with Gasteiger partial charge in [-0.25, -0.2) is 13.2 Å². The molecule has 0 aliphatic rings. The molecular weight excluding hydrogens is 490 g/mol. The molecule has 0 saturated heterocycles. The second-order valence-electron chi connectivity index (χ2n) is 8.86. The highest BCUT2D eigenvalue weighted by Gasteiger charge is 2.29. The summed E-state index contributed by atoms with van der Waals surface area (Å²) in [5.41, 5.74) is 6.89. The van der Waals surface area contributed by atoms with Crippen LogP contribution >= 0.6 is 12.6 Å². The highest BCUT2D eigenvalue weighted by Crippen LogP contribution is 2.13. The van der Waals surface area contributed by atoms with E-state index >= 15 is 0 Å². The molecule has 0 bridgehead atoms. The first-order valence-corrected chi connectivity index (χ1v) is 14.5. The first kappa shape index (κ1) is 31.4. The number of ether oxygens (including phenoxy) is 2. The summed E-state index contributed by atoms with van der Waals surface area (Å²) in [5, 5.41) is 6.05. The van der Waals surface area contributed by atoms with Gasteiger partial charge in [0.1, 0.15) is 22.0 Å². The summed E-state index contributed by atoms with van der Waals surface area (Å²) in [6.07, 6.45) is 1.29. The second-order valence-corrected chi connectivity index (χ2v) is 11.5. The summed E-state index contributed by atoms with van der Waals surface area (Å²) < 4.78 is 34.1. The highest BCUT2D eigenvalue weighted by molar-refractivity contribution is 7.90. The molecule has 200 valence electrons. The van der Waals surface area contributed by atoms with E-state index in [-0.39, 0.29) is 43.2 Å². The van der Waals surface area contributed by atoms with E-state index in [1.165, 1.54) is 7.11 Å². The molecule has 0 fully saturated rings. The number of nitrogens with two attached hydrogens (primary N) is 1. The highest BCUT2D eigenvalue weighted by atomic mass is 32.2. The van der Waals surface area contributed by atoms with E-state index in [0.717, 1.165) is 18.2 Å². The minimum Gasteiger partial charge on any atom is -0.467 e. The first-order valence-electron chi connectivity index (χ1n) is 11.8. The van der Waals surface area contributed by atoms with E-state index in [1.54, 1.807) is 0 Å². The van der Waals surface area contributed by atoms with Gasteiger partial charge in [0, 0.05) is 37.1 Å². The minimum atomic E-state index is -3.33. The average Bonchev–Trinajstić information content (AvgIpc) is 2.84. The lowest BCUT2D eigenvalue weighted by Crippen LogP contribution is -2.50. The number of sulfone groups is 1. The van der Waals surface area contributed by atoms with E-state index in [1.807, 2.05) is 30.3 Å². The van der Waals surface area contributed by atoms with Crippen LogP contribution in [-0.4, -0.2) is 82.5 Å². The molecule has 0 radical (unpaired) electrons. The molecule has 0 heterocycles. The molecule has 1 aromatic rings. The summed E-state index contributed by atoms with van der Waals surface area (Å²) in [6, 6.07) is 8.16. The number of amides is 1. The topological polar surface area (TPSA) is 137 Å². The van der Waals surface area contributed by atoms with Crippen molar-refractivity contribution in [2.45, 2.75) is 57.3 Å². The van der Waals surface area contributed by atoms with Gasteiger partial charge in [0.05, 0.1) is 19.5 Å². The monoisotopic (exact) mass is 531 g/mol. The van der Waals surface area contributed by atoms with Crippen molar-refractivity contribution in [3.63, 3.8) is 0 Å². The smallest absolute Gasteiger partial charge is 0.328 e. The van der Waals surface area contributed by atoms with Crippen LogP contribution in [0.15, 0.2) is 30.3 Å². The zero-order chi connectivity index (χ0) is 26.4. The van der Waals surface area contributed by atoms with E-state index < -0.39 is 33.9 Å². The Morgan fingerprint density at radius 3 is 2.40 bits per heavy atom. The molecule has 5 atom stereocenters. The summed E-state index contributed by atoms with van der Waals surface area (Å²) >= 11 is 4.23. The van der Waals surface area contributed by atoms with Crippen molar-refractivity contribution in [2.75, 3.05) is 38.0 Å². The number of benzene rings is 1. The number of carbonyl (C=O) groups is 2. The average molecular weight is 532 g/mol. The molecule has 0 spiro atoms. The zero-order valence-electron chi connectivity index (χ0n) is 21.1. The Hall–Kier alpha value is -1.66. The van der Waals surface area contributed by atoms with Crippen LogP contribution in [0, 0.1) is 5.92 Å². The van der Waals surface area contributed by atoms with E-state index in [4.69, 9.17) is 15.2 Å². The predicted molar refractivity (Wildman–Crippen MR) is 141 cm³/mol. The SMILES string of the molecule is CC[C@H](C)[C@@H](COC(Cc1ccccc1)C(=O)NC(CCS(C)(=O)=O)C(=O)OC)NCC(N)CS. The van der Waals surface area contributed by atoms with Crippen LogP contribution < -0.4 is 16.4 Å². The molecule has 0 saturated carbocycles. The number of rotatable bonds is 17. The molecule has 1 rings (SSSR count). The maximum absolute atomic E-state index is 13.2. The van der Waals surface area contributed by atoms with Crippen LogP contribution in [0.2, 0.25) is 0 Å². The minimum absolute atomic E-state index is 0.0429. The van der Waals surface area contributed by atoms with Gasteiger partial charge in [-0.1, -0.05) is 50.6 Å². The molecule has 9 nitrogen and oxygen atoms in total. The van der Waals surface area contributed by atoms with Crippen molar-refractivity contribution in [3.8, 4) is 0 Å². The first-order chi connectivity index (χ1) is 16.5. The Morgan fingerprint density at radius 2 is 1.86 bits per heavy atom. The van der Waals surface area contributed by atoms with Crippen molar-refractivity contribution >= 4 is 34.3 Å². The fourth-order valence-electron chi connectivity index (χ4n) is 3.34. The van der Waals surface area contributed by atoms with E-state index in [9.17, 15) is 18.0 Å². The summed E-state index contributed by atoms with van der Waals surface area (Å²) in [6.45, 7) is 4.99. The Balaban J connectivity index is 3.02. The number of esters is 1. The van der Waals surface area contributed by atoms with Gasteiger partial charge in [-0.15, -0.1) is 0 Å². The van der Waals surface area contributed by atoms with E-state index in [2.05, 4.69) is 37.1 Å². The third-order valence-electron chi connectivity index (χ3n) is 5.82. The van der Waals surface area contributed by atoms with Gasteiger partial charge >= 0.3 is 5.97 Å². The standard InChI is InChI=1S/C24H41N3O6S2/c1-5-17(2)21(26-14-19(25)16-34)15-33-22(13-18-9-7-6-8-10-18)23(28)27-20(24(29)32-3)11-12-35(4,30)31/h6-10,17,19-22,26,34H,5,11-16,25H2,1-4H3,(H,27,28)/t17-,19?,20?,21+,22?/m0/s1. The quantitative estimate of drug-likeness (QED) is 0.172. The van der Waals surface area contributed by atoms with Crippen molar-refractivity contribution < 1.29 is 27.5 Å². The second kappa shape index (κ2) is 16.2. The third-order valence-corrected chi connectivity index (χ3v) is 7.27. The Morgan fingerprint density at radius 1 is 1.20 bits per heavy atom. The molecule has 4 N–H and O–H groups in total. The van der Waals surface area contributed by atoms with Crippen LogP contribution in [0.5, 0.6) is 0 Å². The number of carbonyl (C=O) groups excluding carboxylic acids is 2. The molecule has 0 aliphatic carbocycles. The van der Waals surface area contributed by atoms with Gasteiger partial charge in [-0.3, -0.25) is 4.79 Å². The van der Waals surface area contributed by atoms with Crippen molar-refractivity contribution in [2.24, 2.45) is 11.7 Å². The van der Waals surface area contributed by atoms with Crippen LogP contribution in [-0.2, 0) is 35.3 Å². The zero-order valence-corrected chi connectivity index (χ0v) is 22.8. The molecule has 1 amide bonds. The summed E-state index contributed by atoms with van der Waals surface area (Å²) in [4.78, 5) is 25.4. The van der Waals surface area contributed by atoms with Crippen molar-refractivity contribution in [3.05, 3.63) is 35.9 Å². The third kappa shape index (κ3) is 12.7. The molecule has 1 aromatic carbocycles. The number of hydrogen-bond acceptors (Lipinski definition) is 9. The van der Waals surface area contributed by atoms with Gasteiger partial charge < -0.3 is 25.8 Å². The van der Waals surface area contributed by atoms with Crippen LogP contribution in [0.3, 0.4) is 0 Å². The van der Waals surface area contributed by atoms with E-state index in [0.29, 0.717) is 12.3 Å². The Bertz CT molecular complexity index is 869. The summed E-state index contributed by atoms with van der Waals surface area (Å²) in [5.74, 6) is -0.668. The molecular formula is C24H41N3O6S2. The van der Waals surface area contributed by atoms with Crippen LogP contribution in [0.4, 0.5) is 0 Å². The van der Waals surface area contributed by atoms with Crippen molar-refractivity contribution in [1.29, 1.82) is 0 Å². The van der Waals surface area contributed by atoms with Gasteiger partial charge in [-0.05, 0) is 17.9 Å². The molecule has 0 aliphatic heterocycles. The summed E-state index contributed by atoms with van der Waals surface area (Å²) in [7, 11) is -2.14. The Labute approximate surface area is 215 Å². The largest absolute Gasteiger partial charge is 0.467 e. The van der Waals surface area contributed by atoms with Gasteiger partial charge in [0.25, 0.3) is 0 Å². The molecule has 11 heteroatoms. The van der Waals surface area contributed by atoms with Gasteiger partial charge in [0.15, 0.2) is 0 Å². The maximum Gasteiger partial charge on any atom is 0.328 e.